The van der Waals surface area contributed by atoms with Gasteiger partial charge in [-0.2, -0.15) is 5.10 Å². The van der Waals surface area contributed by atoms with E-state index in [2.05, 4.69) is 27.9 Å². The van der Waals surface area contributed by atoms with E-state index in [9.17, 15) is 5.11 Å². The summed E-state index contributed by atoms with van der Waals surface area (Å²) < 4.78 is 1.83. The molecule has 5 nitrogen and oxygen atoms in total. The first kappa shape index (κ1) is 16.3. The summed E-state index contributed by atoms with van der Waals surface area (Å²) in [4.78, 5) is 1.25. The second-order valence-electron chi connectivity index (χ2n) is 5.51. The van der Waals surface area contributed by atoms with E-state index < -0.39 is 0 Å². The van der Waals surface area contributed by atoms with Gasteiger partial charge < -0.3 is 16.2 Å². The Morgan fingerprint density at radius 3 is 3.00 bits per heavy atom. The molecule has 3 aromatic heterocycles. The molecule has 4 N–H and O–H groups in total. The van der Waals surface area contributed by atoms with Gasteiger partial charge in [-0.05, 0) is 36.4 Å². The number of nitrogens with two attached hydrogens (primary N) is 1. The smallest absolute Gasteiger partial charge is 0.152 e. The van der Waals surface area contributed by atoms with Crippen LogP contribution in [0.25, 0.3) is 5.52 Å². The van der Waals surface area contributed by atoms with Crippen LogP contribution >= 0.6 is 22.9 Å². The Hall–Kier alpha value is -1.60. The Bertz CT molecular complexity index is 800. The van der Waals surface area contributed by atoms with Crippen LogP contribution in [0.15, 0.2) is 29.6 Å². The number of halogens is 1. The lowest BCUT2D eigenvalue weighted by atomic mass is 10.1. The van der Waals surface area contributed by atoms with Gasteiger partial charge in [-0.25, -0.2) is 4.52 Å². The van der Waals surface area contributed by atoms with Gasteiger partial charge in [0, 0.05) is 29.2 Å². The van der Waals surface area contributed by atoms with Crippen molar-refractivity contribution in [3.8, 4) is 0 Å². The molecular weight excluding hydrogens is 332 g/mol. The van der Waals surface area contributed by atoms with Crippen molar-refractivity contribution in [1.29, 1.82) is 0 Å². The molecule has 1 atom stereocenters. The molecule has 0 aliphatic rings. The van der Waals surface area contributed by atoms with Crippen molar-refractivity contribution in [3.63, 3.8) is 0 Å². The molecule has 0 saturated carbocycles. The van der Waals surface area contributed by atoms with Crippen LogP contribution in [0.1, 0.15) is 16.1 Å². The van der Waals surface area contributed by atoms with Gasteiger partial charge in [0.05, 0.1) is 17.8 Å². The van der Waals surface area contributed by atoms with E-state index in [1.807, 2.05) is 23.6 Å². The number of nitrogens with zero attached hydrogens (tertiary/aromatic N) is 2. The van der Waals surface area contributed by atoms with Crippen molar-refractivity contribution < 1.29 is 5.11 Å². The van der Waals surface area contributed by atoms with Gasteiger partial charge in [0.25, 0.3) is 0 Å². The van der Waals surface area contributed by atoms with Gasteiger partial charge in [0.2, 0.25) is 0 Å². The number of anilines is 1. The van der Waals surface area contributed by atoms with Gasteiger partial charge in [0.15, 0.2) is 5.15 Å². The van der Waals surface area contributed by atoms with Crippen molar-refractivity contribution in [2.24, 2.45) is 5.73 Å². The second kappa shape index (κ2) is 6.88. The minimum absolute atomic E-state index is 0.0384. The maximum atomic E-state index is 9.17. The van der Waals surface area contributed by atoms with Crippen LogP contribution < -0.4 is 11.1 Å². The predicted molar refractivity (Wildman–Crippen MR) is 95.3 cm³/mol. The molecule has 0 aliphatic heterocycles. The number of aliphatic hydroxyl groups excluding tert-OH is 1. The first-order valence-corrected chi connectivity index (χ1v) is 8.64. The highest BCUT2D eigenvalue weighted by molar-refractivity contribution is 7.09. The average molecular weight is 351 g/mol. The number of nitrogens with one attached hydrogen (secondary N) is 1. The van der Waals surface area contributed by atoms with E-state index in [4.69, 9.17) is 17.3 Å². The highest BCUT2D eigenvalue weighted by atomic mass is 35.5. The van der Waals surface area contributed by atoms with Crippen LogP contribution in [0.4, 0.5) is 5.69 Å². The fourth-order valence-electron chi connectivity index (χ4n) is 2.58. The fourth-order valence-corrected chi connectivity index (χ4v) is 3.41. The molecule has 7 heteroatoms. The SMILES string of the molecule is Cc1c(C[C@@H](N)CO)cc2c(NCc3cccs3)cc(Cl)nn12. The summed E-state index contributed by atoms with van der Waals surface area (Å²) in [6, 6.07) is 7.74. The third kappa shape index (κ3) is 3.50. The normalized spacial score (nSPS) is 12.7. The van der Waals surface area contributed by atoms with Gasteiger partial charge in [-0.1, -0.05) is 17.7 Å². The Labute approximate surface area is 143 Å². The summed E-state index contributed by atoms with van der Waals surface area (Å²) in [5, 5.41) is 19.5. The van der Waals surface area contributed by atoms with Crippen LogP contribution in [0.5, 0.6) is 0 Å². The van der Waals surface area contributed by atoms with Crippen molar-refractivity contribution in [2.45, 2.75) is 25.9 Å². The molecule has 0 fully saturated rings. The molecule has 3 rings (SSSR count). The number of aliphatic hydroxyl groups is 1. The maximum Gasteiger partial charge on any atom is 0.152 e. The standard InChI is InChI=1S/C16H19ClN4OS/c1-10-11(5-12(18)9-22)6-15-14(7-16(17)20-21(10)15)19-8-13-3-2-4-23-13/h2-4,6-7,12,19,22H,5,8-9,18H2,1H3/t12-/m1/s1. The molecule has 23 heavy (non-hydrogen) atoms. The van der Waals surface area contributed by atoms with Crippen molar-refractivity contribution in [2.75, 3.05) is 11.9 Å². The Kier molecular flexibility index (Phi) is 4.87. The number of thiophene rings is 1. The zero-order valence-electron chi connectivity index (χ0n) is 12.8. The Morgan fingerprint density at radius 1 is 1.48 bits per heavy atom. The molecular formula is C16H19ClN4OS. The summed E-state index contributed by atoms with van der Waals surface area (Å²) in [7, 11) is 0. The molecule has 0 amide bonds. The zero-order valence-corrected chi connectivity index (χ0v) is 14.4. The molecule has 3 heterocycles. The van der Waals surface area contributed by atoms with Crippen LogP contribution in [-0.2, 0) is 13.0 Å². The van der Waals surface area contributed by atoms with E-state index in [1.165, 1.54) is 4.88 Å². The molecule has 3 aromatic rings. The lowest BCUT2D eigenvalue weighted by molar-refractivity contribution is 0.265. The average Bonchev–Trinajstić information content (AvgIpc) is 3.15. The summed E-state index contributed by atoms with van der Waals surface area (Å²) in [5.41, 5.74) is 9.82. The molecule has 122 valence electrons. The molecule has 0 aliphatic carbocycles. The van der Waals surface area contributed by atoms with Gasteiger partial charge in [-0.15, -0.1) is 11.3 Å². The molecule has 0 aromatic carbocycles. The summed E-state index contributed by atoms with van der Waals surface area (Å²) in [6.45, 7) is 2.69. The van der Waals surface area contributed by atoms with Gasteiger partial charge in [-0.3, -0.25) is 0 Å². The monoisotopic (exact) mass is 350 g/mol. The largest absolute Gasteiger partial charge is 0.395 e. The number of aryl methyl sites for hydroxylation is 1. The summed E-state index contributed by atoms with van der Waals surface area (Å²) in [6.07, 6.45) is 0.605. The second-order valence-corrected chi connectivity index (χ2v) is 6.93. The third-order valence-electron chi connectivity index (χ3n) is 3.81. The first-order valence-electron chi connectivity index (χ1n) is 7.39. The van der Waals surface area contributed by atoms with E-state index >= 15 is 0 Å². The quantitative estimate of drug-likeness (QED) is 0.639. The highest BCUT2D eigenvalue weighted by Gasteiger charge is 2.14. The fraction of sp³-hybridized carbons (Fsp3) is 0.312. The van der Waals surface area contributed by atoms with E-state index in [1.54, 1.807) is 11.3 Å². The number of hydrogen-bond donors (Lipinski definition) is 3. The molecule has 0 radical (unpaired) electrons. The number of hydrogen-bond acceptors (Lipinski definition) is 5. The third-order valence-corrected chi connectivity index (χ3v) is 4.87. The first-order chi connectivity index (χ1) is 11.1. The number of rotatable bonds is 6. The van der Waals surface area contributed by atoms with Gasteiger partial charge in [0.1, 0.15) is 0 Å². The Balaban J connectivity index is 1.95. The zero-order chi connectivity index (χ0) is 16.4. The summed E-state index contributed by atoms with van der Waals surface area (Å²) in [5.74, 6) is 0. The summed E-state index contributed by atoms with van der Waals surface area (Å²) >= 11 is 7.87. The van der Waals surface area contributed by atoms with Gasteiger partial charge >= 0.3 is 0 Å². The molecule has 0 bridgehead atoms. The minimum atomic E-state index is -0.274. The lowest BCUT2D eigenvalue weighted by Gasteiger charge is -2.08. The Morgan fingerprint density at radius 2 is 2.30 bits per heavy atom. The van der Waals surface area contributed by atoms with Crippen LogP contribution in [0, 0.1) is 6.92 Å². The van der Waals surface area contributed by atoms with Crippen LogP contribution in [0.3, 0.4) is 0 Å². The van der Waals surface area contributed by atoms with E-state index in [0.29, 0.717) is 11.6 Å². The van der Waals surface area contributed by atoms with E-state index in [-0.39, 0.29) is 12.6 Å². The number of fused-ring (bicyclic) bond motifs is 1. The lowest BCUT2D eigenvalue weighted by Crippen LogP contribution is -2.26. The van der Waals surface area contributed by atoms with E-state index in [0.717, 1.165) is 29.0 Å². The van der Waals surface area contributed by atoms with Crippen LogP contribution in [-0.4, -0.2) is 27.4 Å². The van der Waals surface area contributed by atoms with Crippen molar-refractivity contribution in [1.82, 2.24) is 9.61 Å². The number of aromatic nitrogens is 2. The van der Waals surface area contributed by atoms with Crippen molar-refractivity contribution >= 4 is 34.1 Å². The van der Waals surface area contributed by atoms with Crippen molar-refractivity contribution in [3.05, 3.63) is 50.9 Å². The highest BCUT2D eigenvalue weighted by Crippen LogP contribution is 2.26. The molecule has 0 saturated heterocycles. The minimum Gasteiger partial charge on any atom is -0.395 e. The predicted octanol–water partition coefficient (Wildman–Crippen LogP) is 2.83. The maximum absolute atomic E-state index is 9.17. The van der Waals surface area contributed by atoms with Crippen LogP contribution in [0.2, 0.25) is 5.15 Å². The topological polar surface area (TPSA) is 75.6 Å². The molecule has 0 spiro atoms. The molecule has 0 unspecified atom stereocenters.